The van der Waals surface area contributed by atoms with Crippen molar-refractivity contribution in [2.75, 3.05) is 6.61 Å². The fourth-order valence-corrected chi connectivity index (χ4v) is 5.90. The van der Waals surface area contributed by atoms with Crippen LogP contribution in [-0.4, -0.2) is 31.6 Å². The van der Waals surface area contributed by atoms with Gasteiger partial charge in [-0.3, -0.25) is 0 Å². The molecule has 1 aliphatic heterocycles. The summed E-state index contributed by atoms with van der Waals surface area (Å²) in [6.45, 7) is 3.55. The Morgan fingerprint density at radius 1 is 1.18 bits per heavy atom. The SMILES string of the molecule is CC1(C)OC(C[C@@H](CCO)c2ccccc2)=NS(=O)(=O)C1c1cccc(Br)c1. The molecule has 0 aliphatic carbocycles. The maximum absolute atomic E-state index is 13.1. The molecule has 5 nitrogen and oxygen atoms in total. The van der Waals surface area contributed by atoms with Crippen molar-refractivity contribution in [1.29, 1.82) is 0 Å². The number of nitrogens with zero attached hydrogens (tertiary/aromatic N) is 1. The highest BCUT2D eigenvalue weighted by Crippen LogP contribution is 2.42. The molecule has 1 unspecified atom stereocenters. The van der Waals surface area contributed by atoms with Crippen LogP contribution in [0.1, 0.15) is 49.0 Å². The number of halogens is 1. The number of aliphatic hydroxyl groups excluding tert-OH is 1. The lowest BCUT2D eigenvalue weighted by atomic mass is 9.92. The third-order valence-electron chi connectivity index (χ3n) is 4.86. The number of ether oxygens (including phenoxy) is 1. The van der Waals surface area contributed by atoms with Gasteiger partial charge in [-0.25, -0.2) is 8.42 Å². The standard InChI is InChI=1S/C21H24BrNO4S/c1-21(2)20(17-9-6-10-18(22)13-17)28(25,26)23-19(27-21)14-16(11-12-24)15-7-4-3-5-8-15/h3-10,13,16,20,24H,11-12,14H2,1-2H3/t16-,20?/m1/s1. The average molecular weight is 466 g/mol. The summed E-state index contributed by atoms with van der Waals surface area (Å²) in [5, 5.41) is 8.55. The summed E-state index contributed by atoms with van der Waals surface area (Å²) in [4.78, 5) is 0. The summed E-state index contributed by atoms with van der Waals surface area (Å²) >= 11 is 3.40. The minimum atomic E-state index is -3.81. The van der Waals surface area contributed by atoms with E-state index in [-0.39, 0.29) is 18.4 Å². The zero-order chi connectivity index (χ0) is 20.4. The Hall–Kier alpha value is -1.70. The van der Waals surface area contributed by atoms with Crippen molar-refractivity contribution < 1.29 is 18.3 Å². The summed E-state index contributed by atoms with van der Waals surface area (Å²) in [7, 11) is -3.81. The van der Waals surface area contributed by atoms with Gasteiger partial charge >= 0.3 is 0 Å². The highest BCUT2D eigenvalue weighted by molar-refractivity contribution is 9.10. The second kappa shape index (κ2) is 8.35. The van der Waals surface area contributed by atoms with Crippen LogP contribution in [0.5, 0.6) is 0 Å². The first kappa shape index (κ1) is 21.0. The lowest BCUT2D eigenvalue weighted by molar-refractivity contribution is 0.0797. The number of hydrogen-bond acceptors (Lipinski definition) is 4. The van der Waals surface area contributed by atoms with Crippen molar-refractivity contribution in [2.24, 2.45) is 4.40 Å². The summed E-state index contributed by atoms with van der Waals surface area (Å²) in [5.74, 6) is 0.122. The number of sulfonamides is 1. The molecule has 0 radical (unpaired) electrons. The van der Waals surface area contributed by atoms with E-state index in [9.17, 15) is 13.5 Å². The van der Waals surface area contributed by atoms with Gasteiger partial charge in [-0.15, -0.1) is 4.40 Å². The first-order chi connectivity index (χ1) is 13.2. The molecular formula is C21H24BrNO4S. The van der Waals surface area contributed by atoms with Crippen LogP contribution in [-0.2, 0) is 14.8 Å². The van der Waals surface area contributed by atoms with E-state index in [1.165, 1.54) is 0 Å². The molecule has 0 saturated carbocycles. The van der Waals surface area contributed by atoms with Crippen LogP contribution in [0.4, 0.5) is 0 Å². The average Bonchev–Trinajstić information content (AvgIpc) is 2.60. The molecule has 7 heteroatoms. The third kappa shape index (κ3) is 4.64. The molecule has 0 aromatic heterocycles. The van der Waals surface area contributed by atoms with Crippen molar-refractivity contribution in [2.45, 2.75) is 43.5 Å². The number of hydrogen-bond donors (Lipinski definition) is 1. The molecule has 3 rings (SSSR count). The molecule has 0 fully saturated rings. The Morgan fingerprint density at radius 3 is 2.50 bits per heavy atom. The lowest BCUT2D eigenvalue weighted by Gasteiger charge is -2.38. The first-order valence-electron chi connectivity index (χ1n) is 9.16. The molecule has 28 heavy (non-hydrogen) atoms. The maximum atomic E-state index is 13.1. The largest absolute Gasteiger partial charge is 0.472 e. The molecule has 150 valence electrons. The number of aliphatic hydroxyl groups is 1. The molecule has 2 atom stereocenters. The van der Waals surface area contributed by atoms with E-state index < -0.39 is 20.9 Å². The number of rotatable bonds is 6. The van der Waals surface area contributed by atoms with E-state index in [2.05, 4.69) is 20.3 Å². The minimum absolute atomic E-state index is 0.00362. The first-order valence-corrected chi connectivity index (χ1v) is 11.5. The molecule has 0 amide bonds. The number of benzene rings is 2. The normalized spacial score (nSPS) is 21.4. The zero-order valence-electron chi connectivity index (χ0n) is 15.9. The predicted molar refractivity (Wildman–Crippen MR) is 114 cm³/mol. The summed E-state index contributed by atoms with van der Waals surface area (Å²) in [5.41, 5.74) is 0.682. The Bertz CT molecular complexity index is 957. The van der Waals surface area contributed by atoms with Crippen molar-refractivity contribution in [1.82, 2.24) is 0 Å². The quantitative estimate of drug-likeness (QED) is 0.676. The smallest absolute Gasteiger partial charge is 0.267 e. The lowest BCUT2D eigenvalue weighted by Crippen LogP contribution is -2.43. The molecule has 2 aromatic carbocycles. The van der Waals surface area contributed by atoms with Gasteiger partial charge in [-0.05, 0) is 49.4 Å². The third-order valence-corrected chi connectivity index (χ3v) is 7.25. The van der Waals surface area contributed by atoms with Crippen molar-refractivity contribution >= 4 is 31.9 Å². The van der Waals surface area contributed by atoms with Gasteiger partial charge in [-0.2, -0.15) is 0 Å². The van der Waals surface area contributed by atoms with Crippen LogP contribution in [0.25, 0.3) is 0 Å². The molecule has 0 saturated heterocycles. The fourth-order valence-electron chi connectivity index (χ4n) is 3.73. The molecule has 1 N–H and O–H groups in total. The molecule has 0 bridgehead atoms. The van der Waals surface area contributed by atoms with E-state index in [0.29, 0.717) is 18.4 Å². The van der Waals surface area contributed by atoms with Gasteiger partial charge in [0.2, 0.25) is 5.90 Å². The maximum Gasteiger partial charge on any atom is 0.267 e. The van der Waals surface area contributed by atoms with E-state index >= 15 is 0 Å². The van der Waals surface area contributed by atoms with Crippen molar-refractivity contribution in [3.63, 3.8) is 0 Å². The summed E-state index contributed by atoms with van der Waals surface area (Å²) in [6, 6.07) is 16.9. The van der Waals surface area contributed by atoms with Gasteiger partial charge in [0.1, 0.15) is 10.9 Å². The van der Waals surface area contributed by atoms with E-state index in [1.54, 1.807) is 32.0 Å². The topological polar surface area (TPSA) is 76.0 Å². The highest BCUT2D eigenvalue weighted by atomic mass is 79.9. The van der Waals surface area contributed by atoms with Crippen LogP contribution in [0, 0.1) is 0 Å². The van der Waals surface area contributed by atoms with E-state index in [1.807, 2.05) is 36.4 Å². The Morgan fingerprint density at radius 2 is 1.89 bits per heavy atom. The monoisotopic (exact) mass is 465 g/mol. The van der Waals surface area contributed by atoms with Crippen LogP contribution in [0.3, 0.4) is 0 Å². The molecule has 0 spiro atoms. The molecule has 2 aromatic rings. The Balaban J connectivity index is 1.94. The van der Waals surface area contributed by atoms with Gasteiger partial charge in [0, 0.05) is 17.5 Å². The van der Waals surface area contributed by atoms with Gasteiger partial charge in [-0.1, -0.05) is 58.4 Å². The van der Waals surface area contributed by atoms with Gasteiger partial charge < -0.3 is 9.84 Å². The van der Waals surface area contributed by atoms with Crippen LogP contribution in [0.2, 0.25) is 0 Å². The second-order valence-electron chi connectivity index (χ2n) is 7.46. The van der Waals surface area contributed by atoms with E-state index in [4.69, 9.17) is 4.74 Å². The molecular weight excluding hydrogens is 442 g/mol. The Kier molecular flexibility index (Phi) is 6.27. The van der Waals surface area contributed by atoms with Crippen molar-refractivity contribution in [3.8, 4) is 0 Å². The van der Waals surface area contributed by atoms with Crippen molar-refractivity contribution in [3.05, 3.63) is 70.2 Å². The minimum Gasteiger partial charge on any atom is -0.472 e. The van der Waals surface area contributed by atoms with Gasteiger partial charge in [0.25, 0.3) is 10.0 Å². The predicted octanol–water partition coefficient (Wildman–Crippen LogP) is 4.58. The van der Waals surface area contributed by atoms with Crippen LogP contribution in [0.15, 0.2) is 63.5 Å². The highest BCUT2D eigenvalue weighted by Gasteiger charge is 2.47. The second-order valence-corrected chi connectivity index (χ2v) is 10.1. The Labute approximate surface area is 174 Å². The van der Waals surface area contributed by atoms with E-state index in [0.717, 1.165) is 10.0 Å². The summed E-state index contributed by atoms with van der Waals surface area (Å²) < 4.78 is 37.0. The van der Waals surface area contributed by atoms with Gasteiger partial charge in [0.05, 0.1) is 0 Å². The molecule has 1 aliphatic rings. The zero-order valence-corrected chi connectivity index (χ0v) is 18.3. The van der Waals surface area contributed by atoms with Crippen LogP contribution >= 0.6 is 15.9 Å². The van der Waals surface area contributed by atoms with Crippen LogP contribution < -0.4 is 0 Å². The fraction of sp³-hybridized carbons (Fsp3) is 0.381. The van der Waals surface area contributed by atoms with Gasteiger partial charge in [0.15, 0.2) is 0 Å². The summed E-state index contributed by atoms with van der Waals surface area (Å²) in [6.07, 6.45) is 0.820. The molecule has 1 heterocycles.